The van der Waals surface area contributed by atoms with Crippen LogP contribution in [0.2, 0.25) is 0 Å². The summed E-state index contributed by atoms with van der Waals surface area (Å²) in [4.78, 5) is 20.7. The van der Waals surface area contributed by atoms with E-state index in [1.54, 1.807) is 0 Å². The van der Waals surface area contributed by atoms with Gasteiger partial charge in [0.25, 0.3) is 5.91 Å². The molecule has 0 bridgehead atoms. The molecule has 3 rings (SSSR count). The van der Waals surface area contributed by atoms with Crippen LogP contribution in [-0.4, -0.2) is 56.7 Å². The minimum absolute atomic E-state index is 0.0864. The van der Waals surface area contributed by atoms with Crippen molar-refractivity contribution in [3.05, 3.63) is 29.8 Å². The normalized spacial score (nSPS) is 15.7. The molecule has 20 heavy (non-hydrogen) atoms. The SMILES string of the molecule is Cc1nc(N2CCN(C(=O)c3cccn3C)CC2)n[nH]1. The lowest BCUT2D eigenvalue weighted by atomic mass is 10.3. The average molecular weight is 274 g/mol. The number of H-pyrrole nitrogens is 1. The van der Waals surface area contributed by atoms with Gasteiger partial charge < -0.3 is 14.4 Å². The maximum absolute atomic E-state index is 12.4. The van der Waals surface area contributed by atoms with E-state index in [0.29, 0.717) is 19.0 Å². The Balaban J connectivity index is 1.64. The average Bonchev–Trinajstić information content (AvgIpc) is 3.07. The molecule has 0 saturated carbocycles. The van der Waals surface area contributed by atoms with E-state index in [1.165, 1.54) is 0 Å². The molecule has 7 heteroatoms. The van der Waals surface area contributed by atoms with Crippen molar-refractivity contribution in [2.24, 2.45) is 7.05 Å². The van der Waals surface area contributed by atoms with Crippen LogP contribution in [0.25, 0.3) is 0 Å². The highest BCUT2D eigenvalue weighted by Crippen LogP contribution is 2.13. The molecule has 0 spiro atoms. The van der Waals surface area contributed by atoms with Gasteiger partial charge in [-0.05, 0) is 19.1 Å². The van der Waals surface area contributed by atoms with Crippen LogP contribution in [0, 0.1) is 6.92 Å². The lowest BCUT2D eigenvalue weighted by Gasteiger charge is -2.34. The largest absolute Gasteiger partial charge is 0.347 e. The standard InChI is InChI=1S/C13H18N6O/c1-10-14-13(16-15-10)19-8-6-18(7-9-19)12(20)11-4-3-5-17(11)2/h3-5H,6-9H2,1-2H3,(H,14,15,16). The second-order valence-corrected chi connectivity index (χ2v) is 5.00. The first-order chi connectivity index (χ1) is 9.65. The number of hydrogen-bond donors (Lipinski definition) is 1. The van der Waals surface area contributed by atoms with E-state index in [-0.39, 0.29) is 5.91 Å². The van der Waals surface area contributed by atoms with E-state index in [9.17, 15) is 4.79 Å². The maximum Gasteiger partial charge on any atom is 0.270 e. The molecule has 1 N–H and O–H groups in total. The highest BCUT2D eigenvalue weighted by Gasteiger charge is 2.24. The van der Waals surface area contributed by atoms with Gasteiger partial charge in [0.1, 0.15) is 11.5 Å². The number of aromatic nitrogens is 4. The third kappa shape index (κ3) is 2.26. The molecule has 2 aromatic heterocycles. The second-order valence-electron chi connectivity index (χ2n) is 5.00. The molecule has 0 aliphatic carbocycles. The van der Waals surface area contributed by atoms with E-state index in [0.717, 1.165) is 24.6 Å². The Morgan fingerprint density at radius 2 is 2.05 bits per heavy atom. The van der Waals surface area contributed by atoms with Gasteiger partial charge in [-0.25, -0.2) is 0 Å². The third-order valence-corrected chi connectivity index (χ3v) is 3.60. The Bertz CT molecular complexity index is 608. The van der Waals surface area contributed by atoms with Crippen LogP contribution in [0.5, 0.6) is 0 Å². The number of hydrogen-bond acceptors (Lipinski definition) is 4. The summed E-state index contributed by atoms with van der Waals surface area (Å²) < 4.78 is 1.85. The van der Waals surface area contributed by atoms with Gasteiger partial charge in [-0.15, -0.1) is 5.10 Å². The zero-order chi connectivity index (χ0) is 14.1. The Hall–Kier alpha value is -2.31. The zero-order valence-corrected chi connectivity index (χ0v) is 11.7. The van der Waals surface area contributed by atoms with Crippen molar-refractivity contribution in [3.8, 4) is 0 Å². The van der Waals surface area contributed by atoms with Gasteiger partial charge in [-0.3, -0.25) is 9.89 Å². The van der Waals surface area contributed by atoms with E-state index in [1.807, 2.05) is 41.8 Å². The van der Waals surface area contributed by atoms with E-state index in [2.05, 4.69) is 20.1 Å². The summed E-state index contributed by atoms with van der Waals surface area (Å²) in [6.07, 6.45) is 1.89. The molecule has 0 radical (unpaired) electrons. The number of amides is 1. The molecule has 106 valence electrons. The minimum Gasteiger partial charge on any atom is -0.347 e. The number of nitrogens with one attached hydrogen (secondary N) is 1. The molecule has 2 aromatic rings. The quantitative estimate of drug-likeness (QED) is 0.861. The van der Waals surface area contributed by atoms with Crippen LogP contribution >= 0.6 is 0 Å². The molecule has 1 amide bonds. The summed E-state index contributed by atoms with van der Waals surface area (Å²) in [6.45, 7) is 4.78. The Labute approximate surface area is 117 Å². The summed E-state index contributed by atoms with van der Waals surface area (Å²) in [6, 6.07) is 3.74. The number of aryl methyl sites for hydroxylation is 2. The highest BCUT2D eigenvalue weighted by molar-refractivity contribution is 5.92. The van der Waals surface area contributed by atoms with Gasteiger partial charge in [0, 0.05) is 39.4 Å². The fourth-order valence-corrected chi connectivity index (χ4v) is 2.43. The van der Waals surface area contributed by atoms with Crippen LogP contribution in [0.1, 0.15) is 16.3 Å². The molecule has 0 unspecified atom stereocenters. The van der Waals surface area contributed by atoms with E-state index in [4.69, 9.17) is 0 Å². The summed E-state index contributed by atoms with van der Waals surface area (Å²) in [7, 11) is 1.89. The molecule has 0 atom stereocenters. The highest BCUT2D eigenvalue weighted by atomic mass is 16.2. The molecular formula is C13H18N6O. The van der Waals surface area contributed by atoms with Crippen molar-refractivity contribution in [1.82, 2.24) is 24.6 Å². The monoisotopic (exact) mass is 274 g/mol. The third-order valence-electron chi connectivity index (χ3n) is 3.60. The van der Waals surface area contributed by atoms with Gasteiger partial charge in [0.2, 0.25) is 5.95 Å². The Morgan fingerprint density at radius 3 is 2.60 bits per heavy atom. The van der Waals surface area contributed by atoms with Gasteiger partial charge in [-0.2, -0.15) is 4.98 Å². The smallest absolute Gasteiger partial charge is 0.270 e. The molecule has 7 nitrogen and oxygen atoms in total. The van der Waals surface area contributed by atoms with Crippen LogP contribution in [0.3, 0.4) is 0 Å². The fourth-order valence-electron chi connectivity index (χ4n) is 2.43. The molecule has 1 aliphatic rings. The first kappa shape index (κ1) is 12.7. The maximum atomic E-state index is 12.4. The van der Waals surface area contributed by atoms with Crippen molar-refractivity contribution in [3.63, 3.8) is 0 Å². The Morgan fingerprint density at radius 1 is 1.30 bits per heavy atom. The minimum atomic E-state index is 0.0864. The predicted molar refractivity (Wildman–Crippen MR) is 74.6 cm³/mol. The van der Waals surface area contributed by atoms with Gasteiger partial charge in [-0.1, -0.05) is 0 Å². The number of nitrogens with zero attached hydrogens (tertiary/aromatic N) is 5. The number of aromatic amines is 1. The van der Waals surface area contributed by atoms with Crippen LogP contribution in [0.4, 0.5) is 5.95 Å². The van der Waals surface area contributed by atoms with E-state index < -0.39 is 0 Å². The summed E-state index contributed by atoms with van der Waals surface area (Å²) in [5.74, 6) is 1.61. The van der Waals surface area contributed by atoms with Gasteiger partial charge in [0.15, 0.2) is 0 Å². The van der Waals surface area contributed by atoms with Crippen molar-refractivity contribution < 1.29 is 4.79 Å². The fraction of sp³-hybridized carbons (Fsp3) is 0.462. The van der Waals surface area contributed by atoms with Crippen LogP contribution in [-0.2, 0) is 7.05 Å². The van der Waals surface area contributed by atoms with Crippen LogP contribution < -0.4 is 4.90 Å². The predicted octanol–water partition coefficient (Wildman–Crippen LogP) is 0.414. The number of anilines is 1. The lowest BCUT2D eigenvalue weighted by Crippen LogP contribution is -2.49. The van der Waals surface area contributed by atoms with Gasteiger partial charge in [0.05, 0.1) is 0 Å². The number of carbonyl (C=O) groups is 1. The molecule has 0 aromatic carbocycles. The topological polar surface area (TPSA) is 70.1 Å². The van der Waals surface area contributed by atoms with Gasteiger partial charge >= 0.3 is 0 Å². The lowest BCUT2D eigenvalue weighted by molar-refractivity contribution is 0.0736. The summed E-state index contributed by atoms with van der Waals surface area (Å²) in [5, 5.41) is 7.00. The first-order valence-electron chi connectivity index (χ1n) is 6.70. The van der Waals surface area contributed by atoms with Crippen molar-refractivity contribution in [1.29, 1.82) is 0 Å². The molecule has 1 saturated heterocycles. The number of piperazine rings is 1. The first-order valence-corrected chi connectivity index (χ1v) is 6.70. The van der Waals surface area contributed by atoms with Crippen molar-refractivity contribution >= 4 is 11.9 Å². The number of rotatable bonds is 2. The van der Waals surface area contributed by atoms with E-state index >= 15 is 0 Å². The zero-order valence-electron chi connectivity index (χ0n) is 11.7. The summed E-state index contributed by atoms with van der Waals surface area (Å²) >= 11 is 0. The number of carbonyl (C=O) groups excluding carboxylic acids is 1. The molecular weight excluding hydrogens is 256 g/mol. The molecule has 1 aliphatic heterocycles. The molecule has 1 fully saturated rings. The van der Waals surface area contributed by atoms with Crippen molar-refractivity contribution in [2.75, 3.05) is 31.1 Å². The van der Waals surface area contributed by atoms with Crippen LogP contribution in [0.15, 0.2) is 18.3 Å². The van der Waals surface area contributed by atoms with Crippen molar-refractivity contribution in [2.45, 2.75) is 6.92 Å². The Kier molecular flexibility index (Phi) is 3.17. The summed E-state index contributed by atoms with van der Waals surface area (Å²) in [5.41, 5.74) is 0.729. The molecule has 3 heterocycles. The second kappa shape index (κ2) is 4.99.